The van der Waals surface area contributed by atoms with Crippen LogP contribution in [0.2, 0.25) is 0 Å². The van der Waals surface area contributed by atoms with E-state index in [0.717, 1.165) is 12.8 Å². The Morgan fingerprint density at radius 2 is 2.27 bits per heavy atom. The molecule has 1 atom stereocenters. The average Bonchev–Trinajstić information content (AvgIpc) is 3.13. The summed E-state index contributed by atoms with van der Waals surface area (Å²) in [4.78, 5) is 27.4. The molecule has 0 radical (unpaired) electrons. The summed E-state index contributed by atoms with van der Waals surface area (Å²) in [6.45, 7) is -0.0595. The van der Waals surface area contributed by atoms with Gasteiger partial charge in [-0.1, -0.05) is 29.2 Å². The predicted molar refractivity (Wildman–Crippen MR) is 77.0 cm³/mol. The number of carbonyl (C=O) groups is 1. The van der Waals surface area contributed by atoms with E-state index in [1.165, 1.54) is 22.1 Å². The van der Waals surface area contributed by atoms with Gasteiger partial charge in [0.2, 0.25) is 12.2 Å². The maximum absolute atomic E-state index is 12.4. The van der Waals surface area contributed by atoms with E-state index in [9.17, 15) is 14.9 Å². The van der Waals surface area contributed by atoms with Crippen LogP contribution in [-0.2, 0) is 17.8 Å². The van der Waals surface area contributed by atoms with E-state index in [1.54, 1.807) is 11.9 Å². The third kappa shape index (κ3) is 2.54. The van der Waals surface area contributed by atoms with Gasteiger partial charge in [0, 0.05) is 12.1 Å². The molecule has 1 unspecified atom stereocenters. The lowest BCUT2D eigenvalue weighted by Crippen LogP contribution is -2.33. The van der Waals surface area contributed by atoms with Gasteiger partial charge in [-0.2, -0.15) is 4.68 Å². The Hall–Kier alpha value is -2.77. The second-order valence-electron chi connectivity index (χ2n) is 5.26. The Kier molecular flexibility index (Phi) is 3.58. The molecule has 1 aromatic heterocycles. The first-order valence-corrected chi connectivity index (χ1v) is 6.93. The zero-order valence-electron chi connectivity index (χ0n) is 12.0. The van der Waals surface area contributed by atoms with Crippen molar-refractivity contribution >= 4 is 11.9 Å². The van der Waals surface area contributed by atoms with Gasteiger partial charge in [-0.15, -0.1) is 0 Å². The number of hydrogen-bond donors (Lipinski definition) is 0. The van der Waals surface area contributed by atoms with Crippen molar-refractivity contribution in [3.63, 3.8) is 0 Å². The Bertz CT molecular complexity index is 727. The number of fused-ring (bicyclic) bond motifs is 1. The summed E-state index contributed by atoms with van der Waals surface area (Å²) in [5.74, 6) is -0.650. The van der Waals surface area contributed by atoms with Gasteiger partial charge in [0.05, 0.1) is 6.04 Å². The van der Waals surface area contributed by atoms with E-state index in [-0.39, 0.29) is 18.5 Å². The molecule has 8 heteroatoms. The Morgan fingerprint density at radius 3 is 3.00 bits per heavy atom. The highest BCUT2D eigenvalue weighted by molar-refractivity contribution is 5.76. The molecule has 1 heterocycles. The molecule has 3 rings (SSSR count). The number of aromatic nitrogens is 3. The smallest absolute Gasteiger partial charge is 0.390 e. The van der Waals surface area contributed by atoms with Crippen LogP contribution < -0.4 is 0 Å². The SMILES string of the molecule is CN(C(=O)Cn1cnc([N+](=O)[O-])n1)C1CCc2ccccc21. The van der Waals surface area contributed by atoms with Crippen LogP contribution in [0.4, 0.5) is 5.95 Å². The summed E-state index contributed by atoms with van der Waals surface area (Å²) in [7, 11) is 1.75. The summed E-state index contributed by atoms with van der Waals surface area (Å²) in [6.07, 6.45) is 3.04. The van der Waals surface area contributed by atoms with E-state index in [0.29, 0.717) is 0 Å². The second kappa shape index (κ2) is 5.55. The quantitative estimate of drug-likeness (QED) is 0.627. The van der Waals surface area contributed by atoms with E-state index < -0.39 is 10.9 Å². The number of nitrogens with zero attached hydrogens (tertiary/aromatic N) is 5. The number of hydrogen-bond acceptors (Lipinski definition) is 5. The van der Waals surface area contributed by atoms with Crippen molar-refractivity contribution in [2.24, 2.45) is 0 Å². The molecule has 0 saturated heterocycles. The minimum absolute atomic E-state index is 0.0437. The fourth-order valence-corrected chi connectivity index (χ4v) is 2.81. The Labute approximate surface area is 126 Å². The van der Waals surface area contributed by atoms with Crippen molar-refractivity contribution in [1.29, 1.82) is 0 Å². The van der Waals surface area contributed by atoms with Gasteiger partial charge in [0.15, 0.2) is 0 Å². The molecular formula is C14H15N5O3. The van der Waals surface area contributed by atoms with E-state index in [4.69, 9.17) is 0 Å². The highest BCUT2D eigenvalue weighted by atomic mass is 16.6. The fraction of sp³-hybridized carbons (Fsp3) is 0.357. The van der Waals surface area contributed by atoms with Crippen molar-refractivity contribution in [2.75, 3.05) is 7.05 Å². The molecule has 1 aromatic carbocycles. The minimum Gasteiger partial charge on any atom is -0.390 e. The first-order chi connectivity index (χ1) is 10.6. The van der Waals surface area contributed by atoms with Crippen molar-refractivity contribution in [1.82, 2.24) is 19.7 Å². The highest BCUT2D eigenvalue weighted by Gasteiger charge is 2.29. The molecule has 0 saturated carbocycles. The first kappa shape index (κ1) is 14.2. The first-order valence-electron chi connectivity index (χ1n) is 6.93. The van der Waals surface area contributed by atoms with E-state index >= 15 is 0 Å². The fourth-order valence-electron chi connectivity index (χ4n) is 2.81. The zero-order valence-corrected chi connectivity index (χ0v) is 12.0. The lowest BCUT2D eigenvalue weighted by Gasteiger charge is -2.25. The van der Waals surface area contributed by atoms with Crippen LogP contribution in [0.5, 0.6) is 0 Å². The van der Waals surface area contributed by atoms with Crippen LogP contribution in [-0.4, -0.2) is 37.5 Å². The molecule has 0 aliphatic heterocycles. The number of benzene rings is 1. The molecular weight excluding hydrogens is 286 g/mol. The van der Waals surface area contributed by atoms with Crippen LogP contribution in [0.25, 0.3) is 0 Å². The van der Waals surface area contributed by atoms with Gasteiger partial charge in [0.25, 0.3) is 0 Å². The summed E-state index contributed by atoms with van der Waals surface area (Å²) in [5.41, 5.74) is 2.44. The molecule has 0 spiro atoms. The van der Waals surface area contributed by atoms with Crippen molar-refractivity contribution in [3.8, 4) is 0 Å². The number of nitro groups is 1. The van der Waals surface area contributed by atoms with Gasteiger partial charge in [-0.25, -0.2) is 0 Å². The molecule has 22 heavy (non-hydrogen) atoms. The Morgan fingerprint density at radius 1 is 1.50 bits per heavy atom. The zero-order chi connectivity index (χ0) is 15.7. The molecule has 0 N–H and O–H groups in total. The number of carbonyl (C=O) groups excluding carboxylic acids is 1. The lowest BCUT2D eigenvalue weighted by molar-refractivity contribution is -0.394. The van der Waals surface area contributed by atoms with E-state index in [1.807, 2.05) is 18.2 Å². The monoisotopic (exact) mass is 301 g/mol. The van der Waals surface area contributed by atoms with Crippen LogP contribution in [0, 0.1) is 10.1 Å². The molecule has 1 amide bonds. The number of amides is 1. The molecule has 114 valence electrons. The van der Waals surface area contributed by atoms with Gasteiger partial charge in [0.1, 0.15) is 6.54 Å². The maximum atomic E-state index is 12.4. The van der Waals surface area contributed by atoms with Gasteiger partial charge >= 0.3 is 5.95 Å². The van der Waals surface area contributed by atoms with E-state index in [2.05, 4.69) is 16.1 Å². The van der Waals surface area contributed by atoms with Crippen molar-refractivity contribution in [2.45, 2.75) is 25.4 Å². The Balaban J connectivity index is 1.71. The minimum atomic E-state index is -0.683. The topological polar surface area (TPSA) is 94.2 Å². The third-order valence-corrected chi connectivity index (χ3v) is 3.95. The van der Waals surface area contributed by atoms with Gasteiger partial charge in [-0.05, 0) is 28.9 Å². The predicted octanol–water partition coefficient (Wildman–Crippen LogP) is 1.33. The van der Waals surface area contributed by atoms with Gasteiger partial charge in [-0.3, -0.25) is 4.79 Å². The highest BCUT2D eigenvalue weighted by Crippen LogP contribution is 2.34. The van der Waals surface area contributed by atoms with Crippen LogP contribution in [0.3, 0.4) is 0 Å². The molecule has 2 aromatic rings. The van der Waals surface area contributed by atoms with Crippen molar-refractivity contribution < 1.29 is 9.72 Å². The lowest BCUT2D eigenvalue weighted by atomic mass is 10.1. The average molecular weight is 301 g/mol. The molecule has 1 aliphatic rings. The molecule has 8 nitrogen and oxygen atoms in total. The standard InChI is InChI=1S/C14H15N5O3/c1-17(12-7-6-10-4-2-3-5-11(10)12)13(20)8-18-9-15-14(16-18)19(21)22/h2-5,9,12H,6-8H2,1H3. The molecule has 0 bridgehead atoms. The van der Waals surface area contributed by atoms with Crippen molar-refractivity contribution in [3.05, 3.63) is 51.8 Å². The number of rotatable bonds is 4. The normalized spacial score (nSPS) is 16.3. The molecule has 1 aliphatic carbocycles. The summed E-state index contributed by atoms with van der Waals surface area (Å²) >= 11 is 0. The molecule has 0 fully saturated rings. The second-order valence-corrected chi connectivity index (χ2v) is 5.26. The third-order valence-electron chi connectivity index (χ3n) is 3.95. The number of aryl methyl sites for hydroxylation is 1. The van der Waals surface area contributed by atoms with Crippen LogP contribution in [0.15, 0.2) is 30.6 Å². The summed E-state index contributed by atoms with van der Waals surface area (Å²) in [6, 6.07) is 8.13. The summed E-state index contributed by atoms with van der Waals surface area (Å²) in [5, 5.41) is 14.2. The number of likely N-dealkylation sites (N-methyl/N-ethyl adjacent to an activating group) is 1. The van der Waals surface area contributed by atoms with Crippen LogP contribution in [0.1, 0.15) is 23.6 Å². The van der Waals surface area contributed by atoms with Gasteiger partial charge < -0.3 is 15.0 Å². The summed E-state index contributed by atoms with van der Waals surface area (Å²) < 4.78 is 1.19. The maximum Gasteiger partial charge on any atom is 0.490 e. The van der Waals surface area contributed by atoms with Crippen LogP contribution >= 0.6 is 0 Å². The largest absolute Gasteiger partial charge is 0.490 e.